The standard InChI is InChI=1S/C30H27N3O7/c1-33(2)24-19-13-16-12-18-17(15-7-3-5-14(11-15)6-4-10-31)8-9-20(34)22(18)25(35)21(16)27(37)30(19,40)28(38)23(26(24)36)29(32)39/h3-9,11,16,19,24,34-35,38,40H,12-13H2,1-2H3,(H2,32,39)/b6-4+/t16-,19-,24?,30-/m0/s1. The molecule has 0 spiro atoms. The number of carbonyl (C=O) groups excluding carboxylic acids is 3. The number of amides is 1. The molecule has 0 aromatic heterocycles. The summed E-state index contributed by atoms with van der Waals surface area (Å²) in [6.45, 7) is 0. The van der Waals surface area contributed by atoms with Gasteiger partial charge in [0, 0.05) is 17.6 Å². The van der Waals surface area contributed by atoms with Crippen molar-refractivity contribution >= 4 is 29.3 Å². The largest absolute Gasteiger partial charge is 0.508 e. The number of aliphatic hydroxyl groups excluding tert-OH is 2. The fraction of sp³-hybridized carbons (Fsp3) is 0.267. The summed E-state index contributed by atoms with van der Waals surface area (Å²) in [4.78, 5) is 40.7. The number of Topliss-reactive ketones (excluding diaryl/α,β-unsaturated/α-hetero) is 2. The van der Waals surface area contributed by atoms with E-state index >= 15 is 0 Å². The molecule has 1 fully saturated rings. The first-order chi connectivity index (χ1) is 18.9. The molecule has 0 aliphatic heterocycles. The number of aliphatic hydroxyl groups is 3. The summed E-state index contributed by atoms with van der Waals surface area (Å²) in [5, 5.41) is 53.7. The number of rotatable bonds is 4. The molecule has 1 amide bonds. The Kier molecular flexibility index (Phi) is 6.37. The Balaban J connectivity index is 1.71. The van der Waals surface area contributed by atoms with E-state index in [4.69, 9.17) is 11.0 Å². The van der Waals surface area contributed by atoms with Crippen molar-refractivity contribution in [2.75, 3.05) is 14.1 Å². The molecule has 3 aliphatic carbocycles. The lowest BCUT2D eigenvalue weighted by Crippen LogP contribution is -2.65. The second-order valence-corrected chi connectivity index (χ2v) is 10.5. The summed E-state index contributed by atoms with van der Waals surface area (Å²) >= 11 is 0. The minimum absolute atomic E-state index is 0.00576. The van der Waals surface area contributed by atoms with Crippen LogP contribution in [-0.4, -0.2) is 68.5 Å². The van der Waals surface area contributed by atoms with E-state index in [-0.39, 0.29) is 29.7 Å². The number of hydrogen-bond donors (Lipinski definition) is 5. The molecule has 204 valence electrons. The smallest absolute Gasteiger partial charge is 0.255 e. The van der Waals surface area contributed by atoms with Crippen molar-refractivity contribution in [3.63, 3.8) is 0 Å². The first kappa shape index (κ1) is 26.9. The molecule has 2 aromatic carbocycles. The predicted octanol–water partition coefficient (Wildman–Crippen LogP) is 2.17. The molecular weight excluding hydrogens is 514 g/mol. The number of benzene rings is 2. The average molecular weight is 542 g/mol. The highest BCUT2D eigenvalue weighted by molar-refractivity contribution is 6.24. The molecule has 0 saturated heterocycles. The van der Waals surface area contributed by atoms with Crippen LogP contribution >= 0.6 is 0 Å². The first-order valence-electron chi connectivity index (χ1n) is 12.6. The van der Waals surface area contributed by atoms with Crippen molar-refractivity contribution in [2.45, 2.75) is 24.5 Å². The Morgan fingerprint density at radius 2 is 1.90 bits per heavy atom. The van der Waals surface area contributed by atoms with Crippen LogP contribution in [-0.2, 0) is 20.8 Å². The highest BCUT2D eigenvalue weighted by atomic mass is 16.3. The molecule has 1 unspecified atom stereocenters. The normalized spacial score (nSPS) is 26.0. The van der Waals surface area contributed by atoms with Crippen LogP contribution in [0.15, 0.2) is 59.4 Å². The van der Waals surface area contributed by atoms with Gasteiger partial charge in [-0.05, 0) is 73.3 Å². The second-order valence-electron chi connectivity index (χ2n) is 10.5. The molecule has 0 radical (unpaired) electrons. The Bertz CT molecular complexity index is 1630. The van der Waals surface area contributed by atoms with Crippen LogP contribution in [0.4, 0.5) is 0 Å². The Morgan fingerprint density at radius 1 is 1.18 bits per heavy atom. The maximum Gasteiger partial charge on any atom is 0.255 e. The van der Waals surface area contributed by atoms with E-state index in [0.29, 0.717) is 11.1 Å². The molecular formula is C30H27N3O7. The van der Waals surface area contributed by atoms with Gasteiger partial charge >= 0.3 is 0 Å². The molecule has 10 heteroatoms. The van der Waals surface area contributed by atoms with Crippen molar-refractivity contribution < 1.29 is 34.8 Å². The number of likely N-dealkylation sites (N-methyl/N-ethyl adjacent to an activating group) is 1. The fourth-order valence-electron chi connectivity index (χ4n) is 6.46. The molecule has 0 heterocycles. The lowest BCUT2D eigenvalue weighted by molar-refractivity contribution is -0.153. The van der Waals surface area contributed by atoms with Crippen LogP contribution in [0.2, 0.25) is 0 Å². The SMILES string of the molecule is CN(C)C1C(=O)C(C(N)=O)=C(O)[C@@]2(O)C(=O)C3=C(O)c4c(O)ccc(-c5cccc(/C=C/C#N)c5)c4C[C@H]3C[C@@H]12. The van der Waals surface area contributed by atoms with Crippen molar-refractivity contribution in [3.05, 3.63) is 76.1 Å². The van der Waals surface area contributed by atoms with Crippen LogP contribution in [0.3, 0.4) is 0 Å². The number of primary amides is 1. The molecule has 5 rings (SSSR count). The van der Waals surface area contributed by atoms with Gasteiger partial charge in [0.05, 0.1) is 17.7 Å². The number of aromatic hydroxyl groups is 1. The number of phenols is 1. The number of phenolic OH excluding ortho intramolecular Hbond substituents is 1. The second kappa shape index (κ2) is 9.48. The highest BCUT2D eigenvalue weighted by Gasteiger charge is 2.64. The number of fused-ring (bicyclic) bond motifs is 3. The van der Waals surface area contributed by atoms with E-state index in [0.717, 1.165) is 11.1 Å². The topological polar surface area (TPSA) is 185 Å². The Hall–Kier alpha value is -4.72. The van der Waals surface area contributed by atoms with Crippen LogP contribution in [0.1, 0.15) is 23.1 Å². The zero-order valence-corrected chi connectivity index (χ0v) is 21.8. The third kappa shape index (κ3) is 3.74. The monoisotopic (exact) mass is 541 g/mol. The Labute approximate surface area is 229 Å². The van der Waals surface area contributed by atoms with Gasteiger partial charge in [0.25, 0.3) is 5.91 Å². The number of allylic oxidation sites excluding steroid dienone is 1. The van der Waals surface area contributed by atoms with Gasteiger partial charge in [-0.1, -0.05) is 24.3 Å². The first-order valence-corrected chi connectivity index (χ1v) is 12.6. The number of nitriles is 1. The number of nitrogens with zero attached hydrogens (tertiary/aromatic N) is 2. The van der Waals surface area contributed by atoms with Gasteiger partial charge in [-0.2, -0.15) is 5.26 Å². The van der Waals surface area contributed by atoms with Gasteiger partial charge in [0.2, 0.25) is 5.78 Å². The van der Waals surface area contributed by atoms with Crippen LogP contribution in [0.25, 0.3) is 23.0 Å². The van der Waals surface area contributed by atoms with Gasteiger partial charge in [0.1, 0.15) is 22.8 Å². The van der Waals surface area contributed by atoms with E-state index in [9.17, 15) is 34.8 Å². The van der Waals surface area contributed by atoms with Gasteiger partial charge in [-0.25, -0.2) is 0 Å². The van der Waals surface area contributed by atoms with Crippen molar-refractivity contribution in [2.24, 2.45) is 17.6 Å². The average Bonchev–Trinajstić information content (AvgIpc) is 2.89. The fourth-order valence-corrected chi connectivity index (χ4v) is 6.46. The maximum atomic E-state index is 13.9. The highest BCUT2D eigenvalue weighted by Crippen LogP contribution is 2.53. The maximum absolute atomic E-state index is 13.9. The summed E-state index contributed by atoms with van der Waals surface area (Å²) in [5.74, 6) is -6.91. The molecule has 3 aliphatic rings. The predicted molar refractivity (Wildman–Crippen MR) is 144 cm³/mol. The van der Waals surface area contributed by atoms with E-state index < -0.39 is 58.0 Å². The molecule has 10 nitrogen and oxygen atoms in total. The van der Waals surface area contributed by atoms with Crippen LogP contribution in [0.5, 0.6) is 5.75 Å². The van der Waals surface area contributed by atoms with Gasteiger partial charge in [-0.3, -0.25) is 19.3 Å². The lowest BCUT2D eigenvalue weighted by atomic mass is 9.57. The quantitative estimate of drug-likeness (QED) is 0.286. The number of nitrogens with two attached hydrogens (primary N) is 1. The summed E-state index contributed by atoms with van der Waals surface area (Å²) < 4.78 is 0. The lowest BCUT2D eigenvalue weighted by Gasteiger charge is -2.50. The van der Waals surface area contributed by atoms with E-state index in [1.165, 1.54) is 17.0 Å². The zero-order chi connectivity index (χ0) is 29.1. The molecule has 1 saturated carbocycles. The molecule has 40 heavy (non-hydrogen) atoms. The number of hydrogen-bond acceptors (Lipinski definition) is 9. The number of carbonyl (C=O) groups is 3. The van der Waals surface area contributed by atoms with Crippen LogP contribution in [0, 0.1) is 23.2 Å². The summed E-state index contributed by atoms with van der Waals surface area (Å²) in [6.07, 6.45) is 3.18. The summed E-state index contributed by atoms with van der Waals surface area (Å²) in [7, 11) is 3.11. The molecule has 2 aromatic rings. The molecule has 6 N–H and O–H groups in total. The minimum Gasteiger partial charge on any atom is -0.508 e. The summed E-state index contributed by atoms with van der Waals surface area (Å²) in [5.41, 5.74) is 4.39. The van der Waals surface area contributed by atoms with Crippen molar-refractivity contribution in [3.8, 4) is 22.9 Å². The van der Waals surface area contributed by atoms with E-state index in [2.05, 4.69) is 0 Å². The van der Waals surface area contributed by atoms with E-state index in [1.54, 1.807) is 32.3 Å². The Morgan fingerprint density at radius 3 is 2.55 bits per heavy atom. The third-order valence-electron chi connectivity index (χ3n) is 8.15. The summed E-state index contributed by atoms with van der Waals surface area (Å²) in [6, 6.07) is 11.2. The zero-order valence-electron chi connectivity index (χ0n) is 21.8. The van der Waals surface area contributed by atoms with Gasteiger partial charge < -0.3 is 26.2 Å². The van der Waals surface area contributed by atoms with E-state index in [1.807, 2.05) is 24.3 Å². The minimum atomic E-state index is -2.68. The van der Waals surface area contributed by atoms with Crippen molar-refractivity contribution in [1.82, 2.24) is 4.90 Å². The molecule has 0 bridgehead atoms. The van der Waals surface area contributed by atoms with Gasteiger partial charge in [0.15, 0.2) is 11.4 Å². The molecule has 4 atom stereocenters. The van der Waals surface area contributed by atoms with Gasteiger partial charge in [-0.15, -0.1) is 0 Å². The third-order valence-corrected chi connectivity index (χ3v) is 8.15. The number of ketones is 2. The van der Waals surface area contributed by atoms with Crippen LogP contribution < -0.4 is 5.73 Å². The van der Waals surface area contributed by atoms with Crippen molar-refractivity contribution in [1.29, 1.82) is 5.26 Å².